The summed E-state index contributed by atoms with van der Waals surface area (Å²) in [6.07, 6.45) is 4.80. The average Bonchev–Trinajstić information content (AvgIpc) is 3.18. The maximum absolute atomic E-state index is 4.85. The summed E-state index contributed by atoms with van der Waals surface area (Å²) in [6.45, 7) is 6.86. The highest BCUT2D eigenvalue weighted by Crippen LogP contribution is 2.54. The molecule has 134 valence electrons. The average molecular weight is 349 g/mol. The molecule has 0 N–H and O–H groups in total. The number of aromatic nitrogens is 7. The minimum Gasteiger partial charge on any atom is -0.269 e. The summed E-state index contributed by atoms with van der Waals surface area (Å²) in [5, 5.41) is 9.32. The van der Waals surface area contributed by atoms with Crippen molar-refractivity contribution in [3.63, 3.8) is 0 Å². The molecule has 4 heterocycles. The number of fused-ring (bicyclic) bond motifs is 1. The van der Waals surface area contributed by atoms with Crippen LogP contribution in [-0.4, -0.2) is 34.5 Å². The Morgan fingerprint density at radius 1 is 0.885 bits per heavy atom. The van der Waals surface area contributed by atoms with E-state index in [9.17, 15) is 0 Å². The van der Waals surface area contributed by atoms with Gasteiger partial charge in [-0.1, -0.05) is 0 Å². The molecule has 3 aromatic rings. The van der Waals surface area contributed by atoms with Crippen molar-refractivity contribution in [2.45, 2.75) is 64.8 Å². The molecule has 0 saturated heterocycles. The van der Waals surface area contributed by atoms with Crippen LogP contribution in [0.25, 0.3) is 5.82 Å². The zero-order chi connectivity index (χ0) is 17.8. The number of rotatable bonds is 3. The maximum atomic E-state index is 4.85. The first-order valence-corrected chi connectivity index (χ1v) is 9.41. The predicted octanol–water partition coefficient (Wildman–Crippen LogP) is 2.79. The fourth-order valence-corrected chi connectivity index (χ4v) is 4.08. The van der Waals surface area contributed by atoms with Gasteiger partial charge in [0, 0.05) is 30.1 Å². The van der Waals surface area contributed by atoms with E-state index in [4.69, 9.17) is 10.1 Å². The molecular formula is C19H23N7. The molecule has 5 rings (SSSR count). The van der Waals surface area contributed by atoms with Crippen molar-refractivity contribution in [3.8, 4) is 5.82 Å². The fraction of sp³-hybridized carbons (Fsp3) is 0.526. The Balaban J connectivity index is 1.44. The lowest BCUT2D eigenvalue weighted by molar-refractivity contribution is 0.483. The van der Waals surface area contributed by atoms with Crippen LogP contribution in [0.5, 0.6) is 0 Å². The van der Waals surface area contributed by atoms with E-state index < -0.39 is 0 Å². The van der Waals surface area contributed by atoms with Gasteiger partial charge in [-0.05, 0) is 52.5 Å². The molecule has 1 fully saturated rings. The molecule has 2 aliphatic rings. The van der Waals surface area contributed by atoms with Crippen molar-refractivity contribution in [1.29, 1.82) is 0 Å². The minimum atomic E-state index is 0.428. The molecule has 0 bridgehead atoms. The Kier molecular flexibility index (Phi) is 3.45. The first-order chi connectivity index (χ1) is 12.6. The van der Waals surface area contributed by atoms with Gasteiger partial charge in [-0.15, -0.1) is 5.10 Å². The van der Waals surface area contributed by atoms with Gasteiger partial charge in [0.25, 0.3) is 0 Å². The number of nitrogens with zero attached hydrogens (tertiary/aromatic N) is 7. The summed E-state index contributed by atoms with van der Waals surface area (Å²) in [6, 6.07) is 4.37. The monoisotopic (exact) mass is 349 g/mol. The van der Waals surface area contributed by atoms with Crippen molar-refractivity contribution < 1.29 is 0 Å². The quantitative estimate of drug-likeness (QED) is 0.727. The van der Waals surface area contributed by atoms with E-state index in [1.54, 1.807) is 4.68 Å². The molecule has 2 unspecified atom stereocenters. The van der Waals surface area contributed by atoms with Gasteiger partial charge in [0.05, 0.1) is 11.4 Å². The van der Waals surface area contributed by atoms with Gasteiger partial charge >= 0.3 is 0 Å². The third-order valence-corrected chi connectivity index (χ3v) is 5.42. The largest absolute Gasteiger partial charge is 0.269 e. The van der Waals surface area contributed by atoms with E-state index in [1.165, 1.54) is 24.2 Å². The topological polar surface area (TPSA) is 74.3 Å². The molecule has 1 aliphatic carbocycles. The van der Waals surface area contributed by atoms with E-state index in [2.05, 4.69) is 31.9 Å². The van der Waals surface area contributed by atoms with Gasteiger partial charge < -0.3 is 0 Å². The molecule has 0 amide bonds. The van der Waals surface area contributed by atoms with Crippen LogP contribution in [0.4, 0.5) is 0 Å². The van der Waals surface area contributed by atoms with Crippen molar-refractivity contribution in [3.05, 3.63) is 46.7 Å². The smallest absolute Gasteiger partial charge is 0.159 e. The van der Waals surface area contributed by atoms with Crippen LogP contribution in [0.15, 0.2) is 12.1 Å². The summed E-state index contributed by atoms with van der Waals surface area (Å²) in [4.78, 5) is 13.7. The zero-order valence-electron chi connectivity index (χ0n) is 15.5. The third kappa shape index (κ3) is 2.62. The highest BCUT2D eigenvalue weighted by atomic mass is 15.4. The second kappa shape index (κ2) is 5.72. The SMILES string of the molecule is Cc1nc(C2CC2c2cc3n(n2)CCCC3)cc(-n2nc(C)nc2C)n1. The van der Waals surface area contributed by atoms with Gasteiger partial charge in [0.15, 0.2) is 5.82 Å². The molecule has 2 atom stereocenters. The molecule has 7 nitrogen and oxygen atoms in total. The van der Waals surface area contributed by atoms with Gasteiger partial charge in [-0.25, -0.2) is 15.0 Å². The zero-order valence-corrected chi connectivity index (χ0v) is 15.5. The molecular weight excluding hydrogens is 326 g/mol. The summed E-state index contributed by atoms with van der Waals surface area (Å²) in [5.74, 6) is 4.10. The number of hydrogen-bond donors (Lipinski definition) is 0. The first-order valence-electron chi connectivity index (χ1n) is 9.41. The maximum Gasteiger partial charge on any atom is 0.159 e. The van der Waals surface area contributed by atoms with E-state index in [0.717, 1.165) is 48.4 Å². The fourth-order valence-electron chi connectivity index (χ4n) is 4.08. The van der Waals surface area contributed by atoms with Crippen molar-refractivity contribution in [2.24, 2.45) is 0 Å². The van der Waals surface area contributed by atoms with Crippen molar-refractivity contribution >= 4 is 0 Å². The summed E-state index contributed by atoms with van der Waals surface area (Å²) in [7, 11) is 0. The molecule has 0 radical (unpaired) electrons. The van der Waals surface area contributed by atoms with Crippen LogP contribution in [0.1, 0.15) is 65.7 Å². The minimum absolute atomic E-state index is 0.428. The molecule has 26 heavy (non-hydrogen) atoms. The second-order valence-electron chi connectivity index (χ2n) is 7.51. The van der Waals surface area contributed by atoms with Gasteiger partial charge in [-0.2, -0.15) is 9.78 Å². The molecule has 7 heteroatoms. The number of hydrogen-bond acceptors (Lipinski definition) is 5. The highest BCUT2D eigenvalue weighted by Gasteiger charge is 2.43. The molecule has 1 saturated carbocycles. The Labute approximate surface area is 152 Å². The predicted molar refractivity (Wildman–Crippen MR) is 96.4 cm³/mol. The van der Waals surface area contributed by atoms with Crippen LogP contribution in [0.2, 0.25) is 0 Å². The normalized spacial score (nSPS) is 21.7. The highest BCUT2D eigenvalue weighted by molar-refractivity contribution is 5.35. The Morgan fingerprint density at radius 3 is 2.50 bits per heavy atom. The summed E-state index contributed by atoms with van der Waals surface area (Å²) in [5.41, 5.74) is 3.72. The lowest BCUT2D eigenvalue weighted by atomic mass is 10.1. The van der Waals surface area contributed by atoms with Crippen LogP contribution in [0, 0.1) is 20.8 Å². The van der Waals surface area contributed by atoms with E-state index in [1.807, 2.05) is 20.8 Å². The molecule has 1 aliphatic heterocycles. The molecule has 0 spiro atoms. The van der Waals surface area contributed by atoms with Gasteiger partial charge in [0.1, 0.15) is 17.5 Å². The second-order valence-corrected chi connectivity index (χ2v) is 7.51. The lowest BCUT2D eigenvalue weighted by Crippen LogP contribution is -2.10. The van der Waals surface area contributed by atoms with Gasteiger partial charge in [0.2, 0.25) is 0 Å². The van der Waals surface area contributed by atoms with Crippen LogP contribution >= 0.6 is 0 Å². The van der Waals surface area contributed by atoms with Gasteiger partial charge in [-0.3, -0.25) is 4.68 Å². The Hall–Kier alpha value is -2.57. The van der Waals surface area contributed by atoms with Crippen LogP contribution < -0.4 is 0 Å². The van der Waals surface area contributed by atoms with Crippen LogP contribution in [-0.2, 0) is 13.0 Å². The van der Waals surface area contributed by atoms with E-state index >= 15 is 0 Å². The summed E-state index contributed by atoms with van der Waals surface area (Å²) >= 11 is 0. The van der Waals surface area contributed by atoms with E-state index in [-0.39, 0.29) is 0 Å². The molecule has 0 aromatic carbocycles. The van der Waals surface area contributed by atoms with Crippen molar-refractivity contribution in [2.75, 3.05) is 0 Å². The standard InChI is InChI=1S/C19H23N7/c1-11-21-17(10-19(22-11)26-13(3)20-12(2)23-26)15-9-16(15)18-8-14-6-4-5-7-25(14)24-18/h8,10,15-16H,4-7,9H2,1-3H3. The lowest BCUT2D eigenvalue weighted by Gasteiger charge is -2.11. The Bertz CT molecular complexity index is 960. The first kappa shape index (κ1) is 15.7. The molecule has 3 aromatic heterocycles. The van der Waals surface area contributed by atoms with Crippen molar-refractivity contribution in [1.82, 2.24) is 34.5 Å². The van der Waals surface area contributed by atoms with E-state index in [0.29, 0.717) is 11.8 Å². The Morgan fingerprint density at radius 2 is 1.73 bits per heavy atom. The summed E-state index contributed by atoms with van der Waals surface area (Å²) < 4.78 is 4.01. The third-order valence-electron chi connectivity index (χ3n) is 5.42. The van der Waals surface area contributed by atoms with Crippen LogP contribution in [0.3, 0.4) is 0 Å². The number of aryl methyl sites for hydroxylation is 5.